The van der Waals surface area contributed by atoms with Crippen molar-refractivity contribution in [1.29, 1.82) is 0 Å². The van der Waals surface area contributed by atoms with Gasteiger partial charge in [-0.15, -0.1) is 0 Å². The third-order valence-electron chi connectivity index (χ3n) is 7.75. The van der Waals surface area contributed by atoms with E-state index in [2.05, 4.69) is 128 Å². The van der Waals surface area contributed by atoms with E-state index >= 15 is 0 Å². The number of hydrogen-bond donors (Lipinski definition) is 1. The van der Waals surface area contributed by atoms with Crippen LogP contribution in [0.2, 0.25) is 0 Å². The zero-order valence-electron chi connectivity index (χ0n) is 21.9. The van der Waals surface area contributed by atoms with Gasteiger partial charge in [-0.3, -0.25) is 4.99 Å². The lowest BCUT2D eigenvalue weighted by molar-refractivity contribution is 0.732. The van der Waals surface area contributed by atoms with Crippen molar-refractivity contribution in [3.63, 3.8) is 0 Å². The van der Waals surface area contributed by atoms with Crippen LogP contribution in [0.4, 0.5) is 0 Å². The zero-order valence-corrected chi connectivity index (χ0v) is 21.9. The van der Waals surface area contributed by atoms with Crippen molar-refractivity contribution in [3.05, 3.63) is 155 Å². The van der Waals surface area contributed by atoms with Crippen molar-refractivity contribution in [2.75, 3.05) is 0 Å². The van der Waals surface area contributed by atoms with Crippen molar-refractivity contribution in [1.82, 2.24) is 10.3 Å². The monoisotopic (exact) mass is 503 g/mol. The second-order valence-corrected chi connectivity index (χ2v) is 10.3. The van der Waals surface area contributed by atoms with Crippen LogP contribution in [0.1, 0.15) is 40.4 Å². The van der Waals surface area contributed by atoms with Gasteiger partial charge in [0.25, 0.3) is 0 Å². The molecule has 2 heterocycles. The Balaban J connectivity index is 1.46. The third kappa shape index (κ3) is 4.36. The largest absolute Gasteiger partial charge is 0.338 e. The van der Waals surface area contributed by atoms with Crippen molar-refractivity contribution < 1.29 is 0 Å². The van der Waals surface area contributed by atoms with E-state index in [1.54, 1.807) is 0 Å². The average molecular weight is 504 g/mol. The predicted molar refractivity (Wildman–Crippen MR) is 160 cm³/mol. The van der Waals surface area contributed by atoms with Crippen LogP contribution >= 0.6 is 0 Å². The molecule has 3 heteroatoms. The molecule has 0 radical (unpaired) electrons. The molecule has 1 aromatic heterocycles. The summed E-state index contributed by atoms with van der Waals surface area (Å²) in [6.45, 7) is 2.13. The summed E-state index contributed by atoms with van der Waals surface area (Å²) in [4.78, 5) is 10.6. The van der Waals surface area contributed by atoms with Gasteiger partial charge in [-0.2, -0.15) is 0 Å². The number of aryl methyl sites for hydroxylation is 1. The molecule has 1 aliphatic heterocycles. The van der Waals surface area contributed by atoms with Crippen LogP contribution in [0.3, 0.4) is 0 Å². The molecule has 39 heavy (non-hydrogen) atoms. The van der Waals surface area contributed by atoms with Crippen LogP contribution in [-0.2, 0) is 6.42 Å². The molecule has 1 atom stereocenters. The molecule has 1 unspecified atom stereocenters. The van der Waals surface area contributed by atoms with Gasteiger partial charge in [0, 0.05) is 11.1 Å². The lowest BCUT2D eigenvalue weighted by atomic mass is 9.82. The number of benzene rings is 4. The van der Waals surface area contributed by atoms with Crippen LogP contribution in [0.25, 0.3) is 28.1 Å². The van der Waals surface area contributed by atoms with Crippen LogP contribution in [0.5, 0.6) is 0 Å². The third-order valence-corrected chi connectivity index (χ3v) is 7.75. The Morgan fingerprint density at radius 2 is 1.28 bits per heavy atom. The SMILES string of the molecule is Cc1ccc(C2N=C(c3ccccc3)NC3=C2CCc2c(-c4ccccc4)cc(-c4ccccc4)nc23)cc1. The number of amidine groups is 1. The molecule has 5 aromatic rings. The molecule has 0 amide bonds. The van der Waals surface area contributed by atoms with E-state index < -0.39 is 0 Å². The maximum absolute atomic E-state index is 5.35. The normalized spacial score (nSPS) is 16.1. The first-order chi connectivity index (χ1) is 19.2. The first-order valence-electron chi connectivity index (χ1n) is 13.6. The zero-order chi connectivity index (χ0) is 26.2. The molecular weight excluding hydrogens is 474 g/mol. The van der Waals surface area contributed by atoms with E-state index in [1.807, 2.05) is 6.07 Å². The predicted octanol–water partition coefficient (Wildman–Crippen LogP) is 8.17. The summed E-state index contributed by atoms with van der Waals surface area (Å²) in [6.07, 6.45) is 1.87. The Bertz CT molecular complexity index is 1700. The number of pyridine rings is 1. The van der Waals surface area contributed by atoms with E-state index in [1.165, 1.54) is 33.4 Å². The molecule has 188 valence electrons. The topological polar surface area (TPSA) is 37.3 Å². The van der Waals surface area contributed by atoms with E-state index in [0.717, 1.165) is 46.9 Å². The summed E-state index contributed by atoms with van der Waals surface area (Å²) in [5, 5.41) is 3.76. The number of nitrogens with zero attached hydrogens (tertiary/aromatic N) is 2. The van der Waals surface area contributed by atoms with Gasteiger partial charge in [-0.1, -0.05) is 121 Å². The maximum Gasteiger partial charge on any atom is 0.133 e. The van der Waals surface area contributed by atoms with Gasteiger partial charge < -0.3 is 5.32 Å². The van der Waals surface area contributed by atoms with Crippen LogP contribution in [0.15, 0.2) is 132 Å². The van der Waals surface area contributed by atoms with E-state index in [9.17, 15) is 0 Å². The molecule has 0 saturated heterocycles. The molecule has 7 rings (SSSR count). The highest BCUT2D eigenvalue weighted by atomic mass is 15.1. The van der Waals surface area contributed by atoms with Gasteiger partial charge in [-0.25, -0.2) is 4.98 Å². The number of fused-ring (bicyclic) bond motifs is 2. The van der Waals surface area contributed by atoms with Gasteiger partial charge in [0.1, 0.15) is 11.9 Å². The Kier molecular flexibility index (Phi) is 5.90. The van der Waals surface area contributed by atoms with Crippen LogP contribution in [-0.4, -0.2) is 10.8 Å². The Hall–Kier alpha value is -4.76. The minimum absolute atomic E-state index is 0.0486. The molecule has 0 saturated carbocycles. The summed E-state index contributed by atoms with van der Waals surface area (Å²) in [5.74, 6) is 0.890. The average Bonchev–Trinajstić information content (AvgIpc) is 3.01. The summed E-state index contributed by atoms with van der Waals surface area (Å²) in [7, 11) is 0. The number of hydrogen-bond acceptors (Lipinski definition) is 3. The Morgan fingerprint density at radius 3 is 1.95 bits per heavy atom. The van der Waals surface area contributed by atoms with E-state index in [0.29, 0.717) is 0 Å². The molecule has 1 N–H and O–H groups in total. The summed E-state index contributed by atoms with van der Waals surface area (Å²) in [5.41, 5.74) is 12.9. The van der Waals surface area contributed by atoms with E-state index in [-0.39, 0.29) is 6.04 Å². The second-order valence-electron chi connectivity index (χ2n) is 10.3. The first kappa shape index (κ1) is 23.4. The smallest absolute Gasteiger partial charge is 0.133 e. The van der Waals surface area contributed by atoms with Crippen LogP contribution < -0.4 is 5.32 Å². The minimum Gasteiger partial charge on any atom is -0.338 e. The Morgan fingerprint density at radius 1 is 0.667 bits per heavy atom. The van der Waals surface area contributed by atoms with Crippen LogP contribution in [0, 0.1) is 6.92 Å². The lowest BCUT2D eigenvalue weighted by Gasteiger charge is -2.33. The first-order valence-corrected chi connectivity index (χ1v) is 13.6. The summed E-state index contributed by atoms with van der Waals surface area (Å²) in [6, 6.07) is 42.7. The fourth-order valence-electron chi connectivity index (χ4n) is 5.74. The molecule has 1 aliphatic carbocycles. The molecule has 3 nitrogen and oxygen atoms in total. The highest BCUT2D eigenvalue weighted by molar-refractivity contribution is 6.06. The van der Waals surface area contributed by atoms with Gasteiger partial charge >= 0.3 is 0 Å². The molecular formula is C36H29N3. The highest BCUT2D eigenvalue weighted by Crippen LogP contribution is 2.44. The highest BCUT2D eigenvalue weighted by Gasteiger charge is 2.33. The molecule has 0 spiro atoms. The van der Waals surface area contributed by atoms with Crippen molar-refractivity contribution in [3.8, 4) is 22.4 Å². The number of nitrogens with one attached hydrogen (secondary N) is 1. The molecule has 4 aromatic carbocycles. The summed E-state index contributed by atoms with van der Waals surface area (Å²) < 4.78 is 0. The van der Waals surface area contributed by atoms with Gasteiger partial charge in [0.15, 0.2) is 0 Å². The van der Waals surface area contributed by atoms with Gasteiger partial charge in [0.2, 0.25) is 0 Å². The molecule has 2 aliphatic rings. The minimum atomic E-state index is -0.0486. The standard InChI is InChI=1S/C36H29N3/c1-24-17-19-27(20-18-24)33-30-22-21-29-31(25-11-5-2-6-12-25)23-32(26-13-7-3-8-14-26)37-34(29)35(30)39-36(38-33)28-15-9-4-10-16-28/h2-20,23,33H,21-22H2,1H3,(H,38,39). The lowest BCUT2D eigenvalue weighted by Crippen LogP contribution is -2.33. The Labute approximate surface area is 229 Å². The van der Waals surface area contributed by atoms with Crippen molar-refractivity contribution in [2.24, 2.45) is 4.99 Å². The number of aliphatic imine (C=N–C) groups is 1. The number of rotatable bonds is 4. The van der Waals surface area contributed by atoms with E-state index in [4.69, 9.17) is 9.98 Å². The quantitative estimate of drug-likeness (QED) is 0.269. The second kappa shape index (κ2) is 9.85. The fraction of sp³-hybridized carbons (Fsp3) is 0.111. The molecule has 0 bridgehead atoms. The van der Waals surface area contributed by atoms with Crippen molar-refractivity contribution >= 4 is 11.5 Å². The fourth-order valence-corrected chi connectivity index (χ4v) is 5.74. The maximum atomic E-state index is 5.35. The van der Waals surface area contributed by atoms with Crippen molar-refractivity contribution in [2.45, 2.75) is 25.8 Å². The summed E-state index contributed by atoms with van der Waals surface area (Å²) >= 11 is 0. The molecule has 0 fully saturated rings. The van der Waals surface area contributed by atoms with Gasteiger partial charge in [-0.05, 0) is 53.7 Å². The number of aromatic nitrogens is 1. The van der Waals surface area contributed by atoms with Gasteiger partial charge in [0.05, 0.1) is 17.1 Å².